The summed E-state index contributed by atoms with van der Waals surface area (Å²) in [4.78, 5) is 24.8. The Morgan fingerprint density at radius 3 is 2.61 bits per heavy atom. The molecule has 1 aliphatic heterocycles. The molecule has 0 fully saturated rings. The summed E-state index contributed by atoms with van der Waals surface area (Å²) in [5.74, 6) is 0.651. The van der Waals surface area contributed by atoms with Crippen LogP contribution in [0.5, 0.6) is 23.0 Å². The molecule has 2 aromatic carbocycles. The molecule has 0 aliphatic carbocycles. The Morgan fingerprint density at radius 2 is 1.86 bits per heavy atom. The highest BCUT2D eigenvalue weighted by Gasteiger charge is 2.24. The summed E-state index contributed by atoms with van der Waals surface area (Å²) >= 11 is 0. The summed E-state index contributed by atoms with van der Waals surface area (Å²) in [5.41, 5.74) is 0.732. The van der Waals surface area contributed by atoms with Crippen LogP contribution in [-0.2, 0) is 9.53 Å². The third kappa shape index (κ3) is 4.28. The van der Waals surface area contributed by atoms with E-state index in [0.29, 0.717) is 41.9 Å². The number of methoxy groups -OCH3 is 2. The van der Waals surface area contributed by atoms with Crippen molar-refractivity contribution in [2.45, 2.75) is 13.0 Å². The van der Waals surface area contributed by atoms with Crippen molar-refractivity contribution >= 4 is 17.6 Å². The highest BCUT2D eigenvalue weighted by atomic mass is 16.6. The van der Waals surface area contributed by atoms with Gasteiger partial charge >= 0.3 is 5.97 Å². The Kier molecular flexibility index (Phi) is 5.88. The molecule has 0 bridgehead atoms. The van der Waals surface area contributed by atoms with Gasteiger partial charge in [0.05, 0.1) is 19.8 Å². The minimum atomic E-state index is -1.02. The molecule has 1 atom stereocenters. The molecule has 0 saturated carbocycles. The Bertz CT molecular complexity index is 864. The monoisotopic (exact) mass is 387 g/mol. The zero-order valence-corrected chi connectivity index (χ0v) is 15.8. The molecule has 0 aromatic heterocycles. The number of fused-ring (bicyclic) bond motifs is 1. The first-order valence-corrected chi connectivity index (χ1v) is 8.65. The van der Waals surface area contributed by atoms with Gasteiger partial charge in [0.15, 0.2) is 17.6 Å². The molecule has 8 nitrogen and oxygen atoms in total. The van der Waals surface area contributed by atoms with Crippen molar-refractivity contribution < 1.29 is 33.3 Å². The van der Waals surface area contributed by atoms with Gasteiger partial charge in [0, 0.05) is 11.8 Å². The number of nitrogens with one attached hydrogen (secondary N) is 1. The van der Waals surface area contributed by atoms with Crippen molar-refractivity contribution in [3.8, 4) is 23.0 Å². The van der Waals surface area contributed by atoms with Gasteiger partial charge in [-0.05, 0) is 31.2 Å². The third-order valence-electron chi connectivity index (χ3n) is 4.05. The summed E-state index contributed by atoms with van der Waals surface area (Å²) < 4.78 is 26.7. The van der Waals surface area contributed by atoms with Crippen molar-refractivity contribution in [3.63, 3.8) is 0 Å². The van der Waals surface area contributed by atoms with E-state index in [2.05, 4.69) is 5.32 Å². The number of esters is 1. The Balaban J connectivity index is 1.69. The van der Waals surface area contributed by atoms with E-state index in [4.69, 9.17) is 23.7 Å². The third-order valence-corrected chi connectivity index (χ3v) is 4.05. The van der Waals surface area contributed by atoms with Gasteiger partial charge in [-0.3, -0.25) is 4.79 Å². The number of hydrogen-bond acceptors (Lipinski definition) is 7. The van der Waals surface area contributed by atoms with Crippen molar-refractivity contribution in [2.75, 3.05) is 32.8 Å². The van der Waals surface area contributed by atoms with E-state index in [1.165, 1.54) is 33.3 Å². The van der Waals surface area contributed by atoms with Gasteiger partial charge < -0.3 is 29.0 Å². The fourth-order valence-corrected chi connectivity index (χ4v) is 2.62. The topological polar surface area (TPSA) is 92.3 Å². The van der Waals surface area contributed by atoms with Crippen molar-refractivity contribution in [1.82, 2.24) is 0 Å². The fourth-order valence-electron chi connectivity index (χ4n) is 2.62. The molecule has 1 aliphatic rings. The molecular weight excluding hydrogens is 366 g/mol. The second kappa shape index (κ2) is 8.51. The predicted octanol–water partition coefficient (Wildman–Crippen LogP) is 2.66. The van der Waals surface area contributed by atoms with Gasteiger partial charge in [-0.15, -0.1) is 0 Å². The first-order valence-electron chi connectivity index (χ1n) is 8.65. The molecule has 28 heavy (non-hydrogen) atoms. The Hall–Kier alpha value is -3.42. The van der Waals surface area contributed by atoms with Crippen molar-refractivity contribution in [2.24, 2.45) is 0 Å². The SMILES string of the molecule is COc1cccc(NC(=O)[C@@H](C)OC(=O)c2cc(OC)c3c(c2)OCCO3)c1. The summed E-state index contributed by atoms with van der Waals surface area (Å²) in [5, 5.41) is 2.68. The van der Waals surface area contributed by atoms with Crippen LogP contribution in [0.3, 0.4) is 0 Å². The second-order valence-electron chi connectivity index (χ2n) is 5.97. The molecule has 8 heteroatoms. The minimum Gasteiger partial charge on any atom is -0.497 e. The lowest BCUT2D eigenvalue weighted by molar-refractivity contribution is -0.123. The van der Waals surface area contributed by atoms with E-state index in [1.54, 1.807) is 24.3 Å². The van der Waals surface area contributed by atoms with Crippen LogP contribution in [0.15, 0.2) is 36.4 Å². The maximum Gasteiger partial charge on any atom is 0.339 e. The second-order valence-corrected chi connectivity index (χ2v) is 5.97. The number of carbonyl (C=O) groups excluding carboxylic acids is 2. The van der Waals surface area contributed by atoms with Gasteiger partial charge in [0.1, 0.15) is 19.0 Å². The van der Waals surface area contributed by atoms with E-state index in [1.807, 2.05) is 0 Å². The summed E-state index contributed by atoms with van der Waals surface area (Å²) in [6.45, 7) is 2.26. The molecule has 0 spiro atoms. The fraction of sp³-hybridized carbons (Fsp3) is 0.300. The minimum absolute atomic E-state index is 0.196. The average molecular weight is 387 g/mol. The summed E-state index contributed by atoms with van der Waals surface area (Å²) in [7, 11) is 3.00. The predicted molar refractivity (Wildman–Crippen MR) is 100 cm³/mol. The summed E-state index contributed by atoms with van der Waals surface area (Å²) in [6, 6.07) is 9.87. The van der Waals surface area contributed by atoms with Crippen LogP contribution >= 0.6 is 0 Å². The van der Waals surface area contributed by atoms with Crippen LogP contribution in [-0.4, -0.2) is 45.4 Å². The maximum absolute atomic E-state index is 12.5. The zero-order chi connectivity index (χ0) is 20.1. The molecule has 0 saturated heterocycles. The van der Waals surface area contributed by atoms with E-state index in [9.17, 15) is 9.59 Å². The van der Waals surface area contributed by atoms with Gasteiger partial charge in [0.25, 0.3) is 5.91 Å². The van der Waals surface area contributed by atoms with Crippen molar-refractivity contribution in [3.05, 3.63) is 42.0 Å². The lowest BCUT2D eigenvalue weighted by atomic mass is 10.1. The highest BCUT2D eigenvalue weighted by molar-refractivity contribution is 5.98. The van der Waals surface area contributed by atoms with E-state index >= 15 is 0 Å². The molecule has 2 aromatic rings. The number of hydrogen-bond donors (Lipinski definition) is 1. The Labute approximate surface area is 162 Å². The molecule has 0 radical (unpaired) electrons. The number of rotatable bonds is 6. The van der Waals surface area contributed by atoms with Crippen LogP contribution in [0.1, 0.15) is 17.3 Å². The van der Waals surface area contributed by atoms with Crippen LogP contribution < -0.4 is 24.3 Å². The van der Waals surface area contributed by atoms with Gasteiger partial charge in [-0.1, -0.05) is 6.07 Å². The first kappa shape index (κ1) is 19.3. The molecule has 1 amide bonds. The molecule has 1 N–H and O–H groups in total. The van der Waals surface area contributed by atoms with Crippen LogP contribution in [0.4, 0.5) is 5.69 Å². The summed E-state index contributed by atoms with van der Waals surface area (Å²) in [6.07, 6.45) is -1.02. The number of amides is 1. The molecule has 0 unspecified atom stereocenters. The standard InChI is InChI=1S/C20H21NO7/c1-12(19(22)21-14-5-4-6-15(11-14)24-2)28-20(23)13-9-16(25-3)18-17(10-13)26-7-8-27-18/h4-6,9-12H,7-8H2,1-3H3,(H,21,22)/t12-/m1/s1. The van der Waals surface area contributed by atoms with Gasteiger partial charge in [-0.2, -0.15) is 0 Å². The van der Waals surface area contributed by atoms with Crippen LogP contribution in [0, 0.1) is 0 Å². The molecular formula is C20H21NO7. The number of anilines is 1. The lowest BCUT2D eigenvalue weighted by Gasteiger charge is -2.21. The molecule has 1 heterocycles. The zero-order valence-electron chi connectivity index (χ0n) is 15.8. The van der Waals surface area contributed by atoms with Crippen LogP contribution in [0.25, 0.3) is 0 Å². The lowest BCUT2D eigenvalue weighted by Crippen LogP contribution is -2.30. The highest BCUT2D eigenvalue weighted by Crippen LogP contribution is 2.40. The number of ether oxygens (including phenoxy) is 5. The van der Waals surface area contributed by atoms with E-state index in [0.717, 1.165) is 0 Å². The number of carbonyl (C=O) groups is 2. The Morgan fingerprint density at radius 1 is 1.07 bits per heavy atom. The van der Waals surface area contributed by atoms with Gasteiger partial charge in [0.2, 0.25) is 5.75 Å². The number of benzene rings is 2. The molecule has 3 rings (SSSR count). The van der Waals surface area contributed by atoms with Crippen LogP contribution in [0.2, 0.25) is 0 Å². The largest absolute Gasteiger partial charge is 0.497 e. The first-order chi connectivity index (χ1) is 13.5. The van der Waals surface area contributed by atoms with Gasteiger partial charge in [-0.25, -0.2) is 4.79 Å². The quantitative estimate of drug-likeness (QED) is 0.762. The van der Waals surface area contributed by atoms with E-state index < -0.39 is 18.0 Å². The van der Waals surface area contributed by atoms with Crippen molar-refractivity contribution in [1.29, 1.82) is 0 Å². The van der Waals surface area contributed by atoms with E-state index in [-0.39, 0.29) is 5.56 Å². The normalized spacial score (nSPS) is 13.2. The molecule has 148 valence electrons. The smallest absolute Gasteiger partial charge is 0.339 e. The average Bonchev–Trinajstić information content (AvgIpc) is 2.72. The maximum atomic E-state index is 12.5.